The van der Waals surface area contributed by atoms with E-state index in [1.807, 2.05) is 19.1 Å². The number of rotatable bonds is 2. The normalized spacial score (nSPS) is 10.2. The summed E-state index contributed by atoms with van der Waals surface area (Å²) >= 11 is 11.7. The second-order valence-corrected chi connectivity index (χ2v) is 4.67. The lowest BCUT2D eigenvalue weighted by molar-refractivity contribution is 0.0735. The summed E-state index contributed by atoms with van der Waals surface area (Å²) in [5.41, 5.74) is 1.31. The average molecular weight is 281 g/mol. The number of benzene rings is 2. The van der Waals surface area contributed by atoms with Crippen LogP contribution in [-0.4, -0.2) is 5.97 Å². The molecule has 0 unspecified atom stereocenters. The third-order valence-corrected chi connectivity index (χ3v) is 2.90. The van der Waals surface area contributed by atoms with E-state index in [4.69, 9.17) is 27.9 Å². The van der Waals surface area contributed by atoms with Gasteiger partial charge >= 0.3 is 5.97 Å². The lowest BCUT2D eigenvalue weighted by Crippen LogP contribution is -2.09. The van der Waals surface area contributed by atoms with Crippen molar-refractivity contribution < 1.29 is 9.53 Å². The molecule has 0 aliphatic rings. The Kier molecular flexibility index (Phi) is 3.90. The molecule has 0 fully saturated rings. The summed E-state index contributed by atoms with van der Waals surface area (Å²) in [7, 11) is 0. The molecule has 92 valence electrons. The van der Waals surface area contributed by atoms with Crippen molar-refractivity contribution in [1.29, 1.82) is 0 Å². The maximum Gasteiger partial charge on any atom is 0.345 e. The van der Waals surface area contributed by atoms with Crippen LogP contribution in [0.5, 0.6) is 5.75 Å². The molecule has 0 saturated carbocycles. The number of hydrogen-bond donors (Lipinski definition) is 0. The van der Waals surface area contributed by atoms with E-state index in [1.165, 1.54) is 6.07 Å². The van der Waals surface area contributed by atoms with Crippen LogP contribution in [0.1, 0.15) is 15.9 Å². The van der Waals surface area contributed by atoms with Crippen molar-refractivity contribution in [3.63, 3.8) is 0 Å². The number of esters is 1. The van der Waals surface area contributed by atoms with E-state index in [0.717, 1.165) is 5.56 Å². The number of hydrogen-bond acceptors (Lipinski definition) is 2. The molecule has 2 aromatic rings. The highest BCUT2D eigenvalue weighted by atomic mass is 35.5. The first kappa shape index (κ1) is 12.9. The Morgan fingerprint density at radius 3 is 2.56 bits per heavy atom. The number of aryl methyl sites for hydroxylation is 1. The van der Waals surface area contributed by atoms with Gasteiger partial charge in [-0.1, -0.05) is 35.3 Å². The van der Waals surface area contributed by atoms with E-state index in [0.29, 0.717) is 16.3 Å². The smallest absolute Gasteiger partial charge is 0.345 e. The summed E-state index contributed by atoms with van der Waals surface area (Å²) in [5.74, 6) is -0.00622. The Morgan fingerprint density at radius 2 is 1.89 bits per heavy atom. The molecule has 2 nitrogen and oxygen atoms in total. The lowest BCUT2D eigenvalue weighted by Gasteiger charge is -2.06. The zero-order valence-electron chi connectivity index (χ0n) is 9.61. The summed E-state index contributed by atoms with van der Waals surface area (Å²) in [4.78, 5) is 11.9. The Bertz CT molecular complexity index is 594. The lowest BCUT2D eigenvalue weighted by atomic mass is 10.2. The van der Waals surface area contributed by atoms with Gasteiger partial charge in [0.15, 0.2) is 0 Å². The van der Waals surface area contributed by atoms with E-state index in [1.54, 1.807) is 24.3 Å². The number of carbonyl (C=O) groups is 1. The van der Waals surface area contributed by atoms with E-state index in [-0.39, 0.29) is 5.02 Å². The van der Waals surface area contributed by atoms with Crippen molar-refractivity contribution in [2.24, 2.45) is 0 Å². The van der Waals surface area contributed by atoms with E-state index >= 15 is 0 Å². The van der Waals surface area contributed by atoms with Gasteiger partial charge in [0.05, 0.1) is 10.6 Å². The fraction of sp³-hybridized carbons (Fsp3) is 0.0714. The second-order valence-electron chi connectivity index (χ2n) is 3.83. The molecule has 4 heteroatoms. The van der Waals surface area contributed by atoms with Crippen LogP contribution in [-0.2, 0) is 0 Å². The van der Waals surface area contributed by atoms with Gasteiger partial charge in [-0.3, -0.25) is 0 Å². The molecular weight excluding hydrogens is 271 g/mol. The van der Waals surface area contributed by atoms with Crippen molar-refractivity contribution in [1.82, 2.24) is 0 Å². The first-order valence-electron chi connectivity index (χ1n) is 5.30. The third-order valence-electron chi connectivity index (χ3n) is 2.35. The van der Waals surface area contributed by atoms with Crippen molar-refractivity contribution in [3.8, 4) is 5.75 Å². The SMILES string of the molecule is Cc1cccc(OC(=O)c2ccc(Cl)cc2Cl)c1. The molecule has 0 heterocycles. The summed E-state index contributed by atoms with van der Waals surface area (Å²) in [6, 6.07) is 11.9. The largest absolute Gasteiger partial charge is 0.423 e. The Morgan fingerprint density at radius 1 is 1.11 bits per heavy atom. The van der Waals surface area contributed by atoms with E-state index in [9.17, 15) is 4.79 Å². The first-order chi connectivity index (χ1) is 8.56. The Hall–Kier alpha value is -1.51. The topological polar surface area (TPSA) is 26.3 Å². The van der Waals surface area contributed by atoms with Crippen LogP contribution in [0.3, 0.4) is 0 Å². The number of carbonyl (C=O) groups excluding carboxylic acids is 1. The standard InChI is InChI=1S/C14H10Cl2O2/c1-9-3-2-4-11(7-9)18-14(17)12-6-5-10(15)8-13(12)16/h2-8H,1H3. The Balaban J connectivity index is 2.22. The van der Waals surface area contributed by atoms with Gasteiger partial charge in [0.2, 0.25) is 0 Å². The minimum absolute atomic E-state index is 0.278. The van der Waals surface area contributed by atoms with Crippen LogP contribution in [0.4, 0.5) is 0 Å². The monoisotopic (exact) mass is 280 g/mol. The van der Waals surface area contributed by atoms with Crippen LogP contribution >= 0.6 is 23.2 Å². The predicted octanol–water partition coefficient (Wildman–Crippen LogP) is 4.52. The molecule has 0 amide bonds. The van der Waals surface area contributed by atoms with Crippen LogP contribution in [0, 0.1) is 6.92 Å². The summed E-state index contributed by atoms with van der Waals surface area (Å²) in [5, 5.41) is 0.757. The molecule has 0 atom stereocenters. The predicted molar refractivity (Wildman–Crippen MR) is 72.6 cm³/mol. The highest BCUT2D eigenvalue weighted by Gasteiger charge is 2.13. The Labute approximate surface area is 115 Å². The number of ether oxygens (including phenoxy) is 1. The molecule has 0 radical (unpaired) electrons. The summed E-state index contributed by atoms with van der Waals surface area (Å²) in [6.45, 7) is 1.92. The maximum absolute atomic E-state index is 11.9. The van der Waals surface area contributed by atoms with Gasteiger partial charge in [-0.05, 0) is 42.8 Å². The fourth-order valence-electron chi connectivity index (χ4n) is 1.50. The zero-order chi connectivity index (χ0) is 13.1. The van der Waals surface area contributed by atoms with Crippen LogP contribution in [0.15, 0.2) is 42.5 Å². The zero-order valence-corrected chi connectivity index (χ0v) is 11.1. The van der Waals surface area contributed by atoms with Crippen LogP contribution in [0.25, 0.3) is 0 Å². The van der Waals surface area contributed by atoms with Crippen LogP contribution in [0.2, 0.25) is 10.0 Å². The minimum atomic E-state index is -0.498. The minimum Gasteiger partial charge on any atom is -0.423 e. The van der Waals surface area contributed by atoms with Crippen molar-refractivity contribution >= 4 is 29.2 Å². The molecule has 0 spiro atoms. The third kappa shape index (κ3) is 3.03. The van der Waals surface area contributed by atoms with Crippen molar-refractivity contribution in [2.45, 2.75) is 6.92 Å². The van der Waals surface area contributed by atoms with Gasteiger partial charge in [-0.15, -0.1) is 0 Å². The molecule has 0 bridgehead atoms. The van der Waals surface area contributed by atoms with Gasteiger partial charge < -0.3 is 4.74 Å². The van der Waals surface area contributed by atoms with Crippen LogP contribution < -0.4 is 4.74 Å². The van der Waals surface area contributed by atoms with Gasteiger partial charge in [0.25, 0.3) is 0 Å². The first-order valence-corrected chi connectivity index (χ1v) is 6.06. The number of halogens is 2. The molecule has 0 aromatic heterocycles. The van der Waals surface area contributed by atoms with Gasteiger partial charge in [-0.2, -0.15) is 0 Å². The maximum atomic E-state index is 11.9. The fourth-order valence-corrected chi connectivity index (χ4v) is 1.98. The molecular formula is C14H10Cl2O2. The van der Waals surface area contributed by atoms with Crippen molar-refractivity contribution in [2.75, 3.05) is 0 Å². The molecule has 2 aromatic carbocycles. The average Bonchev–Trinajstić information content (AvgIpc) is 2.28. The second kappa shape index (κ2) is 5.42. The molecule has 2 rings (SSSR count). The van der Waals surface area contributed by atoms with E-state index < -0.39 is 5.97 Å². The van der Waals surface area contributed by atoms with Gasteiger partial charge in [-0.25, -0.2) is 4.79 Å². The molecule has 0 N–H and O–H groups in total. The summed E-state index contributed by atoms with van der Waals surface area (Å²) in [6.07, 6.45) is 0. The summed E-state index contributed by atoms with van der Waals surface area (Å²) < 4.78 is 5.24. The van der Waals surface area contributed by atoms with Crippen molar-refractivity contribution in [3.05, 3.63) is 63.6 Å². The highest BCUT2D eigenvalue weighted by Crippen LogP contribution is 2.23. The highest BCUT2D eigenvalue weighted by molar-refractivity contribution is 6.36. The molecule has 18 heavy (non-hydrogen) atoms. The quantitative estimate of drug-likeness (QED) is 0.597. The van der Waals surface area contributed by atoms with Gasteiger partial charge in [0.1, 0.15) is 5.75 Å². The van der Waals surface area contributed by atoms with Gasteiger partial charge in [0, 0.05) is 5.02 Å². The molecule has 0 saturated heterocycles. The molecule has 0 aliphatic heterocycles. The molecule has 0 aliphatic carbocycles. The van der Waals surface area contributed by atoms with E-state index in [2.05, 4.69) is 0 Å².